The number of hydrogen-bond acceptors (Lipinski definition) is 8. The van der Waals surface area contributed by atoms with Gasteiger partial charge in [-0.3, -0.25) is 0 Å². The highest BCUT2D eigenvalue weighted by atomic mass is 32.3. The number of carbonyl (C=O) groups excluding carboxylic acids is 2. The third kappa shape index (κ3) is 8.34. The highest BCUT2D eigenvalue weighted by Crippen LogP contribution is 2.26. The molecule has 0 fully saturated rings. The maximum atomic E-state index is 13.7. The van der Waals surface area contributed by atoms with Gasteiger partial charge in [-0.1, -0.05) is 6.58 Å². The van der Waals surface area contributed by atoms with Crippen LogP contribution < -0.4 is 0 Å². The molecule has 0 aromatic rings. The maximum Gasteiger partial charge on any atom is 0.344 e. The van der Waals surface area contributed by atoms with Gasteiger partial charge in [0.1, 0.15) is 0 Å². The molecule has 0 aliphatic rings. The van der Waals surface area contributed by atoms with E-state index in [1.807, 2.05) is 0 Å². The van der Waals surface area contributed by atoms with E-state index in [0.717, 1.165) is 0 Å². The molecule has 0 aromatic heterocycles. The lowest BCUT2D eigenvalue weighted by Gasteiger charge is -2.21. The summed E-state index contributed by atoms with van der Waals surface area (Å²) in [6, 6.07) is 0. The first kappa shape index (κ1) is 22.4. The van der Waals surface area contributed by atoms with E-state index in [1.54, 1.807) is 0 Å². The summed E-state index contributed by atoms with van der Waals surface area (Å²) >= 11 is 0. The fraction of sp³-hybridized carbons (Fsp3) is 0.667. The Morgan fingerprint density at radius 3 is 1.92 bits per heavy atom. The van der Waals surface area contributed by atoms with E-state index in [9.17, 15) is 35.2 Å². The van der Waals surface area contributed by atoms with Gasteiger partial charge in [0.05, 0.1) is 0 Å². The highest BCUT2D eigenvalue weighted by Gasteiger charge is 2.43. The Labute approximate surface area is 138 Å². The molecule has 0 aromatic carbocycles. The molecule has 0 N–H and O–H groups in total. The van der Waals surface area contributed by atoms with E-state index < -0.39 is 61.8 Å². The molecule has 0 saturated carbocycles. The molecule has 0 aliphatic carbocycles. The first-order valence-electron chi connectivity index (χ1n) is 6.30. The van der Waals surface area contributed by atoms with E-state index >= 15 is 0 Å². The monoisotopic (exact) mass is 392 g/mol. The number of ether oxygens (including phenoxy) is 2. The second kappa shape index (κ2) is 8.01. The van der Waals surface area contributed by atoms with Gasteiger partial charge < -0.3 is 9.47 Å². The number of halogens is 2. The van der Waals surface area contributed by atoms with Crippen LogP contribution in [0.2, 0.25) is 0 Å². The average Bonchev–Trinajstić information content (AvgIpc) is 2.37. The van der Waals surface area contributed by atoms with Crippen molar-refractivity contribution in [2.75, 3.05) is 25.7 Å². The number of hydrogen-bond donors (Lipinski definition) is 0. The second-order valence-electron chi connectivity index (χ2n) is 5.17. The number of rotatable bonds is 9. The van der Waals surface area contributed by atoms with Crippen molar-refractivity contribution in [3.63, 3.8) is 0 Å². The summed E-state index contributed by atoms with van der Waals surface area (Å²) in [5, 5.41) is 0. The lowest BCUT2D eigenvalue weighted by molar-refractivity contribution is -0.164. The normalized spacial score (nSPS) is 12.8. The summed E-state index contributed by atoms with van der Waals surface area (Å²) < 4.78 is 79.0. The molecule has 0 amide bonds. The number of alkyl halides is 2. The Bertz CT molecular complexity index is 677. The zero-order valence-corrected chi connectivity index (χ0v) is 14.9. The van der Waals surface area contributed by atoms with Crippen LogP contribution in [0.15, 0.2) is 12.2 Å². The van der Waals surface area contributed by atoms with E-state index in [1.165, 1.54) is 6.92 Å². The molecule has 0 spiro atoms. The van der Waals surface area contributed by atoms with Crippen LogP contribution in [-0.4, -0.2) is 65.0 Å². The molecule has 0 atom stereocenters. The zero-order chi connectivity index (χ0) is 19.3. The van der Waals surface area contributed by atoms with E-state index in [2.05, 4.69) is 16.1 Å². The van der Waals surface area contributed by atoms with Gasteiger partial charge in [-0.25, -0.2) is 35.2 Å². The minimum Gasteiger partial charge on any atom is -0.457 e. The van der Waals surface area contributed by atoms with Crippen LogP contribution >= 0.6 is 0 Å². The Morgan fingerprint density at radius 1 is 1.08 bits per heavy atom. The van der Waals surface area contributed by atoms with E-state index in [0.29, 0.717) is 12.5 Å². The predicted molar refractivity (Wildman–Crippen MR) is 79.8 cm³/mol. The molecule has 0 saturated heterocycles. The first-order chi connectivity index (χ1) is 10.6. The van der Waals surface area contributed by atoms with Gasteiger partial charge in [-0.15, -0.1) is 0 Å². The van der Waals surface area contributed by atoms with Gasteiger partial charge in [0.15, 0.2) is 37.5 Å². The van der Waals surface area contributed by atoms with Crippen molar-refractivity contribution in [1.29, 1.82) is 0 Å². The summed E-state index contributed by atoms with van der Waals surface area (Å²) in [5.74, 6) is -6.14. The van der Waals surface area contributed by atoms with Crippen molar-refractivity contribution in [3.8, 4) is 0 Å². The SMILES string of the molecule is C=C(C)C(=O)OCC(=O)OCC(F)(F)CC(S(C)(=O)=O)S(C)(=O)=O. The van der Waals surface area contributed by atoms with Crippen LogP contribution in [0.25, 0.3) is 0 Å². The van der Waals surface area contributed by atoms with Crippen LogP contribution in [0.5, 0.6) is 0 Å². The van der Waals surface area contributed by atoms with Gasteiger partial charge in [-0.05, 0) is 6.92 Å². The molecular weight excluding hydrogens is 374 g/mol. The molecule has 12 heteroatoms. The first-order valence-corrected chi connectivity index (χ1v) is 10.2. The Kier molecular flexibility index (Phi) is 7.49. The molecule has 0 bridgehead atoms. The third-order valence-corrected chi connectivity index (χ3v) is 6.88. The van der Waals surface area contributed by atoms with Gasteiger partial charge in [0.2, 0.25) is 0 Å². The van der Waals surface area contributed by atoms with Gasteiger partial charge >= 0.3 is 11.9 Å². The van der Waals surface area contributed by atoms with Crippen LogP contribution in [0.4, 0.5) is 8.78 Å². The van der Waals surface area contributed by atoms with Gasteiger partial charge in [0, 0.05) is 24.5 Å². The van der Waals surface area contributed by atoms with Crippen LogP contribution in [0.3, 0.4) is 0 Å². The molecular formula is C12H18F2O8S2. The number of esters is 2. The molecule has 24 heavy (non-hydrogen) atoms. The Hall–Kier alpha value is -1.56. The minimum atomic E-state index is -4.31. The lowest BCUT2D eigenvalue weighted by atomic mass is 10.3. The largest absolute Gasteiger partial charge is 0.457 e. The molecule has 0 heterocycles. The summed E-state index contributed by atoms with van der Waals surface area (Å²) in [5.41, 5.74) is -0.0164. The molecule has 0 rings (SSSR count). The van der Waals surface area contributed by atoms with E-state index in [4.69, 9.17) is 0 Å². The predicted octanol–water partition coefficient (Wildman–Crippen LogP) is 0.0896. The zero-order valence-electron chi connectivity index (χ0n) is 13.2. The van der Waals surface area contributed by atoms with Crippen molar-refractivity contribution in [3.05, 3.63) is 12.2 Å². The van der Waals surface area contributed by atoms with Crippen LogP contribution in [0, 0.1) is 0 Å². The van der Waals surface area contributed by atoms with Crippen LogP contribution in [-0.2, 0) is 38.7 Å². The smallest absolute Gasteiger partial charge is 0.344 e. The van der Waals surface area contributed by atoms with Crippen molar-refractivity contribution in [1.82, 2.24) is 0 Å². The molecule has 8 nitrogen and oxygen atoms in total. The molecule has 140 valence electrons. The Morgan fingerprint density at radius 2 is 1.54 bits per heavy atom. The van der Waals surface area contributed by atoms with Crippen molar-refractivity contribution in [2.45, 2.75) is 23.8 Å². The summed E-state index contributed by atoms with van der Waals surface area (Å²) in [7, 11) is -8.63. The second-order valence-corrected chi connectivity index (χ2v) is 9.92. The standard InChI is InChI=1S/C12H18F2O8S2/c1-8(2)11(16)21-6-9(15)22-7-12(13,14)5-10(23(3,17)18)24(4,19)20/h10H,1,5-7H2,2-4H3. The van der Waals surface area contributed by atoms with Gasteiger partial charge in [0.25, 0.3) is 5.92 Å². The maximum absolute atomic E-state index is 13.7. The quantitative estimate of drug-likeness (QED) is 0.400. The molecule has 0 radical (unpaired) electrons. The minimum absolute atomic E-state index is 0.0164. The summed E-state index contributed by atoms with van der Waals surface area (Å²) in [6.07, 6.45) is -0.542. The van der Waals surface area contributed by atoms with Crippen molar-refractivity contribution < 1.29 is 44.7 Å². The van der Waals surface area contributed by atoms with E-state index in [-0.39, 0.29) is 5.57 Å². The Balaban J connectivity index is 4.77. The molecule has 0 unspecified atom stereocenters. The average molecular weight is 392 g/mol. The fourth-order valence-corrected chi connectivity index (χ4v) is 5.03. The lowest BCUT2D eigenvalue weighted by Crippen LogP contribution is -2.38. The van der Waals surface area contributed by atoms with Crippen molar-refractivity contribution >= 4 is 31.6 Å². The van der Waals surface area contributed by atoms with Crippen LogP contribution in [0.1, 0.15) is 13.3 Å². The molecule has 0 aliphatic heterocycles. The summed E-state index contributed by atoms with van der Waals surface area (Å²) in [6.45, 7) is 2.04. The number of sulfone groups is 2. The topological polar surface area (TPSA) is 121 Å². The fourth-order valence-electron chi connectivity index (χ4n) is 1.40. The third-order valence-electron chi connectivity index (χ3n) is 2.53. The van der Waals surface area contributed by atoms with Gasteiger partial charge in [-0.2, -0.15) is 0 Å². The highest BCUT2D eigenvalue weighted by molar-refractivity contribution is 8.08. The van der Waals surface area contributed by atoms with Crippen molar-refractivity contribution in [2.24, 2.45) is 0 Å². The number of carbonyl (C=O) groups is 2. The summed E-state index contributed by atoms with van der Waals surface area (Å²) in [4.78, 5) is 22.2.